The molecule has 0 fully saturated rings. The van der Waals surface area contributed by atoms with Crippen LogP contribution in [0.5, 0.6) is 0 Å². The molecular formula is C30H34N9S2+. The highest BCUT2D eigenvalue weighted by Crippen LogP contribution is 2.37. The molecule has 0 saturated heterocycles. The minimum absolute atomic E-state index is 0. The Morgan fingerprint density at radius 1 is 0.756 bits per heavy atom. The largest absolute Gasteiger partial charge is 0.383 e. The first-order valence-corrected chi connectivity index (χ1v) is 13.6. The van der Waals surface area contributed by atoms with Crippen molar-refractivity contribution in [3.8, 4) is 0 Å². The Hall–Kier alpha value is -4.06. The number of benzene rings is 3. The van der Waals surface area contributed by atoms with Crippen molar-refractivity contribution in [3.63, 3.8) is 0 Å². The number of nitrogens with two attached hydrogens (primary N) is 1. The van der Waals surface area contributed by atoms with Gasteiger partial charge in [-0.1, -0.05) is 59.6 Å². The van der Waals surface area contributed by atoms with Crippen LogP contribution in [-0.2, 0) is 0 Å². The third kappa shape index (κ3) is 5.23. The molecular weight excluding hydrogens is 551 g/mol. The Bertz CT molecular complexity index is 1690. The van der Waals surface area contributed by atoms with Gasteiger partial charge in [0, 0.05) is 26.3 Å². The van der Waals surface area contributed by atoms with E-state index < -0.39 is 5.66 Å². The van der Waals surface area contributed by atoms with Crippen molar-refractivity contribution in [1.82, 2.24) is 11.1 Å². The first-order valence-electron chi connectivity index (χ1n) is 12.7. The monoisotopic (exact) mass is 584 g/mol. The first kappa shape index (κ1) is 29.9. The number of amidine groups is 6. The lowest BCUT2D eigenvalue weighted by Gasteiger charge is -2.37. The molecule has 41 heavy (non-hydrogen) atoms. The van der Waals surface area contributed by atoms with Crippen LogP contribution in [0.3, 0.4) is 0 Å². The van der Waals surface area contributed by atoms with Crippen molar-refractivity contribution in [2.24, 2.45) is 15.7 Å². The summed E-state index contributed by atoms with van der Waals surface area (Å²) in [6.45, 7) is 7.92. The van der Waals surface area contributed by atoms with Crippen LogP contribution in [0, 0.1) is 16.2 Å². The van der Waals surface area contributed by atoms with Crippen molar-refractivity contribution < 1.29 is 4.58 Å². The first-order chi connectivity index (χ1) is 18.8. The van der Waals surface area contributed by atoms with Crippen LogP contribution in [0.25, 0.3) is 0 Å². The van der Waals surface area contributed by atoms with E-state index in [0.29, 0.717) is 17.5 Å². The lowest BCUT2D eigenvalue weighted by atomic mass is 10.1. The van der Waals surface area contributed by atoms with Gasteiger partial charge in [0.1, 0.15) is 11.7 Å². The summed E-state index contributed by atoms with van der Waals surface area (Å²) in [7, 11) is 0. The number of nitrogens with zero attached hydrogens (tertiary/aromatic N) is 4. The Labute approximate surface area is 250 Å². The highest BCUT2D eigenvalue weighted by atomic mass is 32.2. The smallest absolute Gasteiger partial charge is 0.275 e. The van der Waals surface area contributed by atoms with Crippen molar-refractivity contribution in [3.05, 3.63) is 106 Å². The highest BCUT2D eigenvalue weighted by Gasteiger charge is 2.53. The predicted molar refractivity (Wildman–Crippen MR) is 174 cm³/mol. The summed E-state index contributed by atoms with van der Waals surface area (Å²) in [5.74, 6) is 3.20. The van der Waals surface area contributed by atoms with Gasteiger partial charge in [0.25, 0.3) is 11.7 Å². The minimum Gasteiger partial charge on any atom is -0.383 e. The van der Waals surface area contributed by atoms with Crippen LogP contribution >= 0.6 is 25.3 Å². The molecule has 0 bridgehead atoms. The van der Waals surface area contributed by atoms with E-state index in [-0.39, 0.29) is 16.1 Å². The molecule has 210 valence electrons. The summed E-state index contributed by atoms with van der Waals surface area (Å²) in [6, 6.07) is 23.3. The second-order valence-corrected chi connectivity index (χ2v) is 13.2. The Kier molecular flexibility index (Phi) is 7.83. The van der Waals surface area contributed by atoms with Gasteiger partial charge in [-0.15, -0.1) is 0 Å². The Balaban J connectivity index is 0.000000190. The van der Waals surface area contributed by atoms with Crippen LogP contribution in [0.15, 0.2) is 82.8 Å². The van der Waals surface area contributed by atoms with Gasteiger partial charge in [-0.25, -0.2) is 9.57 Å². The summed E-state index contributed by atoms with van der Waals surface area (Å²) in [4.78, 5) is 10.7. The Morgan fingerprint density at radius 3 is 1.78 bits per heavy atom. The van der Waals surface area contributed by atoms with Gasteiger partial charge >= 0.3 is 0 Å². The maximum atomic E-state index is 8.63. The van der Waals surface area contributed by atoms with E-state index in [2.05, 4.69) is 30.2 Å². The van der Waals surface area contributed by atoms with Crippen LogP contribution in [0.1, 0.15) is 61.1 Å². The van der Waals surface area contributed by atoms with E-state index in [1.54, 1.807) is 0 Å². The number of nitrogens with one attached hydrogen (secondary N) is 3. The van der Waals surface area contributed by atoms with Crippen LogP contribution in [-0.4, -0.2) is 54.2 Å². The van der Waals surface area contributed by atoms with Crippen molar-refractivity contribution in [1.29, 1.82) is 16.2 Å². The summed E-state index contributed by atoms with van der Waals surface area (Å²) < 4.78 is 1.82. The molecule has 0 spiro atoms. The standard InChI is InChI=1S/C19H16N5.C8H7N3.C3H8S2.H3N/c1-19(2)23-15(20)11-7-3-5-9-13(11)17(23)22-18-14-10-6-4-8-12(14)16(21)24(18)19;9-7-5-3-1-2-4-6(5)8(10)11-7;1-3(2,4)5;/h3-10,20-21H,1-2H3;1-4H,(H3,9,10,11);4-5H,1-2H3;1H3/q+1;;;. The zero-order chi connectivity index (χ0) is 29.0. The number of hydrogen-bond acceptors (Lipinski definition) is 8. The molecule has 9 nitrogen and oxygen atoms in total. The van der Waals surface area contributed by atoms with Crippen molar-refractivity contribution in [2.75, 3.05) is 0 Å². The normalized spacial score (nSPS) is 16.9. The summed E-state index contributed by atoms with van der Waals surface area (Å²) >= 11 is 7.97. The quantitative estimate of drug-likeness (QED) is 0.111. The van der Waals surface area contributed by atoms with Crippen LogP contribution in [0.4, 0.5) is 0 Å². The van der Waals surface area contributed by atoms with Gasteiger partial charge in [-0.05, 0) is 45.9 Å². The second kappa shape index (κ2) is 10.7. The molecule has 0 atom stereocenters. The summed E-state index contributed by atoms with van der Waals surface area (Å²) in [5.41, 5.74) is 10.4. The molecule has 0 aromatic heterocycles. The fourth-order valence-corrected chi connectivity index (χ4v) is 5.10. The minimum atomic E-state index is -0.571. The molecule has 0 aliphatic carbocycles. The van der Waals surface area contributed by atoms with Gasteiger partial charge in [0.15, 0.2) is 11.5 Å². The number of aliphatic imine (C=N–C) groups is 2. The lowest BCUT2D eigenvalue weighted by molar-refractivity contribution is -0.519. The highest BCUT2D eigenvalue weighted by molar-refractivity contribution is 8.00. The van der Waals surface area contributed by atoms with E-state index in [4.69, 9.17) is 27.0 Å². The third-order valence-corrected chi connectivity index (χ3v) is 6.71. The van der Waals surface area contributed by atoms with E-state index in [0.717, 1.165) is 45.1 Å². The molecule has 7 rings (SSSR count). The molecule has 3 aromatic carbocycles. The SMILES string of the molecule is CC(C)(S)S.CC1(C)N2C(=N)c3ccccc3C2=NC2=[N+]1C(=N)c1ccccc12.N.N=C1N=C(N)c2ccccc21. The molecule has 4 aliphatic rings. The van der Waals surface area contributed by atoms with E-state index in [1.807, 2.05) is 110 Å². The number of hydrogen-bond donors (Lipinski definition) is 7. The lowest BCUT2D eigenvalue weighted by Crippen LogP contribution is -2.59. The van der Waals surface area contributed by atoms with Gasteiger partial charge in [0.2, 0.25) is 5.84 Å². The number of fused-ring (bicyclic) bond motifs is 6. The van der Waals surface area contributed by atoms with Gasteiger partial charge < -0.3 is 11.9 Å². The van der Waals surface area contributed by atoms with E-state index in [9.17, 15) is 0 Å². The molecule has 0 unspecified atom stereocenters. The summed E-state index contributed by atoms with van der Waals surface area (Å²) in [6.07, 6.45) is 0. The Morgan fingerprint density at radius 2 is 1.22 bits per heavy atom. The van der Waals surface area contributed by atoms with E-state index in [1.165, 1.54) is 0 Å². The zero-order valence-electron chi connectivity index (χ0n) is 23.4. The average Bonchev–Trinajstić information content (AvgIpc) is 3.47. The second-order valence-electron chi connectivity index (χ2n) is 10.6. The maximum Gasteiger partial charge on any atom is 0.275 e. The molecule has 0 saturated carbocycles. The van der Waals surface area contributed by atoms with Crippen molar-refractivity contribution >= 4 is 60.3 Å². The van der Waals surface area contributed by atoms with E-state index >= 15 is 0 Å². The van der Waals surface area contributed by atoms with Gasteiger partial charge in [-0.2, -0.15) is 30.7 Å². The molecule has 4 aliphatic heterocycles. The molecule has 4 heterocycles. The number of rotatable bonds is 0. The van der Waals surface area contributed by atoms with Gasteiger partial charge in [-0.3, -0.25) is 15.7 Å². The summed E-state index contributed by atoms with van der Waals surface area (Å²) in [5, 5.41) is 24.6. The van der Waals surface area contributed by atoms with Crippen molar-refractivity contribution in [2.45, 2.75) is 37.4 Å². The molecule has 11 heteroatoms. The molecule has 3 aromatic rings. The fourth-order valence-electron chi connectivity index (χ4n) is 5.10. The van der Waals surface area contributed by atoms with Crippen LogP contribution in [0.2, 0.25) is 0 Å². The maximum absolute atomic E-state index is 8.63. The number of thiol groups is 2. The predicted octanol–water partition coefficient (Wildman–Crippen LogP) is 5.10. The molecule has 0 amide bonds. The fraction of sp³-hybridized carbons (Fsp3) is 0.200. The third-order valence-electron chi connectivity index (χ3n) is 6.71. The average molecular weight is 585 g/mol. The topological polar surface area (TPSA) is 164 Å². The molecule has 0 radical (unpaired) electrons. The van der Waals surface area contributed by atoms with Crippen LogP contribution < -0.4 is 11.9 Å². The molecule has 8 N–H and O–H groups in total. The zero-order valence-corrected chi connectivity index (χ0v) is 25.2. The van der Waals surface area contributed by atoms with Gasteiger partial charge in [0.05, 0.1) is 11.1 Å².